The van der Waals surface area contributed by atoms with Crippen LogP contribution in [0.1, 0.15) is 43.9 Å². The number of rotatable bonds is 11. The summed E-state index contributed by atoms with van der Waals surface area (Å²) in [6.07, 6.45) is 5.98. The molecule has 0 spiro atoms. The average Bonchev–Trinajstić information content (AvgIpc) is 3.63. The lowest BCUT2D eigenvalue weighted by atomic mass is 9.95. The number of carbonyl (C=O) groups is 1. The number of nitrogens with two attached hydrogens (primary N) is 1. The van der Waals surface area contributed by atoms with Crippen LogP contribution in [0, 0.1) is 6.92 Å². The van der Waals surface area contributed by atoms with Gasteiger partial charge < -0.3 is 35.1 Å². The van der Waals surface area contributed by atoms with E-state index in [1.807, 2.05) is 44.0 Å². The van der Waals surface area contributed by atoms with E-state index >= 15 is 0 Å². The summed E-state index contributed by atoms with van der Waals surface area (Å²) in [7, 11) is 2.10. The Labute approximate surface area is 245 Å². The lowest BCUT2D eigenvalue weighted by Crippen LogP contribution is -2.38. The summed E-state index contributed by atoms with van der Waals surface area (Å²) >= 11 is 0. The van der Waals surface area contributed by atoms with Gasteiger partial charge in [0.2, 0.25) is 11.7 Å². The van der Waals surface area contributed by atoms with Crippen LogP contribution >= 0.6 is 0 Å². The van der Waals surface area contributed by atoms with Gasteiger partial charge in [-0.15, -0.1) is 0 Å². The van der Waals surface area contributed by atoms with Gasteiger partial charge >= 0.3 is 6.01 Å². The van der Waals surface area contributed by atoms with E-state index in [2.05, 4.69) is 34.0 Å². The Morgan fingerprint density at radius 1 is 1.36 bits per heavy atom. The quantitative estimate of drug-likeness (QED) is 0.291. The predicted octanol–water partition coefficient (Wildman–Crippen LogP) is 3.01. The molecule has 2 aromatic heterocycles. The zero-order valence-corrected chi connectivity index (χ0v) is 24.7. The number of fused-ring (bicyclic) bond motifs is 2. The van der Waals surface area contributed by atoms with Crippen molar-refractivity contribution in [2.75, 3.05) is 44.7 Å². The number of likely N-dealkylation sites (N-methyl/N-ethyl adjacent to an activating group) is 1. The Bertz CT molecular complexity index is 1470. The minimum atomic E-state index is -0.443. The largest absolute Gasteiger partial charge is 0.478 e. The maximum absolute atomic E-state index is 11.9. The number of hydrogen-bond acceptors (Lipinski definition) is 10. The van der Waals surface area contributed by atoms with Crippen molar-refractivity contribution in [3.8, 4) is 17.6 Å². The molecule has 4 N–H and O–H groups in total. The topological polar surface area (TPSA) is 144 Å². The minimum absolute atomic E-state index is 0.203. The van der Waals surface area contributed by atoms with Crippen molar-refractivity contribution in [1.29, 1.82) is 0 Å². The van der Waals surface area contributed by atoms with Crippen LogP contribution in [-0.4, -0.2) is 83.0 Å². The molecule has 3 atom stereocenters. The van der Waals surface area contributed by atoms with Gasteiger partial charge in [-0.2, -0.15) is 15.1 Å². The third-order valence-electron chi connectivity index (χ3n) is 7.90. The standard InChI is InChI=1S/C30H40N8O4/c1-6-24(39)32-11-13-38(16-18(2)14-31)28-27-29(35-30(34-28)40-17-21-8-7-12-37(21)5)42-26(20(4)41-27)25-19(3)9-10-23-22(25)15-33-36-23/h6,9-10,14-15,20-21,26H,1,7-8,11-13,16-17,31H2,2-5H3,(H,32,39)(H,33,36)/b18-14-/t20-,21-,26?/m0/s1. The highest BCUT2D eigenvalue weighted by Crippen LogP contribution is 2.46. The monoisotopic (exact) mass is 576 g/mol. The van der Waals surface area contributed by atoms with E-state index in [1.54, 1.807) is 6.20 Å². The average molecular weight is 577 g/mol. The lowest BCUT2D eigenvalue weighted by molar-refractivity contribution is -0.116. The molecule has 0 bridgehead atoms. The second-order valence-electron chi connectivity index (χ2n) is 11.0. The minimum Gasteiger partial charge on any atom is -0.478 e. The fraction of sp³-hybridized carbons (Fsp3) is 0.467. The van der Waals surface area contributed by atoms with Crippen LogP contribution in [0.5, 0.6) is 17.6 Å². The van der Waals surface area contributed by atoms with Gasteiger partial charge in [0.15, 0.2) is 11.9 Å². The molecule has 1 saturated heterocycles. The molecule has 5 rings (SSSR count). The Morgan fingerprint density at radius 3 is 2.93 bits per heavy atom. The van der Waals surface area contributed by atoms with Gasteiger partial charge in [0.25, 0.3) is 5.88 Å². The van der Waals surface area contributed by atoms with E-state index < -0.39 is 6.10 Å². The fourth-order valence-corrected chi connectivity index (χ4v) is 5.51. The zero-order chi connectivity index (χ0) is 29.8. The molecule has 12 heteroatoms. The number of aryl methyl sites for hydroxylation is 1. The molecule has 1 unspecified atom stereocenters. The first-order valence-electron chi connectivity index (χ1n) is 14.3. The number of benzene rings is 1. The first-order chi connectivity index (χ1) is 20.3. The number of nitrogens with zero attached hydrogens (tertiary/aromatic N) is 5. The van der Waals surface area contributed by atoms with Gasteiger partial charge in [-0.05, 0) is 76.7 Å². The molecule has 1 aromatic carbocycles. The number of carbonyl (C=O) groups excluding carboxylic acids is 1. The summed E-state index contributed by atoms with van der Waals surface area (Å²) in [5, 5.41) is 11.1. The van der Waals surface area contributed by atoms with Crippen molar-refractivity contribution in [2.24, 2.45) is 5.73 Å². The Balaban J connectivity index is 1.53. The van der Waals surface area contributed by atoms with E-state index in [1.165, 1.54) is 6.08 Å². The Hall–Kier alpha value is -4.32. The van der Waals surface area contributed by atoms with Crippen LogP contribution in [0.15, 0.2) is 42.8 Å². The number of anilines is 1. The number of H-pyrrole nitrogens is 1. The van der Waals surface area contributed by atoms with Crippen LogP contribution in [-0.2, 0) is 4.79 Å². The first kappa shape index (κ1) is 29.2. The second-order valence-corrected chi connectivity index (χ2v) is 11.0. The van der Waals surface area contributed by atoms with Crippen LogP contribution in [0.25, 0.3) is 10.9 Å². The number of amides is 1. The molecule has 0 saturated carbocycles. The third kappa shape index (κ3) is 6.13. The van der Waals surface area contributed by atoms with Crippen molar-refractivity contribution in [3.05, 3.63) is 53.9 Å². The molecule has 42 heavy (non-hydrogen) atoms. The normalized spacial score (nSPS) is 20.5. The van der Waals surface area contributed by atoms with Crippen molar-refractivity contribution in [3.63, 3.8) is 0 Å². The fourth-order valence-electron chi connectivity index (χ4n) is 5.51. The third-order valence-corrected chi connectivity index (χ3v) is 7.90. The van der Waals surface area contributed by atoms with Crippen LogP contribution in [0.3, 0.4) is 0 Å². The van der Waals surface area contributed by atoms with Gasteiger partial charge in [-0.25, -0.2) is 0 Å². The summed E-state index contributed by atoms with van der Waals surface area (Å²) in [5.41, 5.74) is 9.73. The van der Waals surface area contributed by atoms with E-state index in [9.17, 15) is 4.79 Å². The Kier molecular flexibility index (Phi) is 8.81. The first-order valence-corrected chi connectivity index (χ1v) is 14.3. The number of ether oxygens (including phenoxy) is 3. The highest BCUT2D eigenvalue weighted by Gasteiger charge is 2.37. The van der Waals surface area contributed by atoms with Crippen LogP contribution in [0.4, 0.5) is 5.82 Å². The molecular formula is C30H40N8O4. The molecule has 1 amide bonds. The van der Waals surface area contributed by atoms with Gasteiger partial charge in [-0.3, -0.25) is 9.89 Å². The number of nitrogens with one attached hydrogen (secondary N) is 2. The summed E-state index contributed by atoms with van der Waals surface area (Å²) in [4.78, 5) is 25.7. The predicted molar refractivity (Wildman–Crippen MR) is 161 cm³/mol. The number of hydrogen-bond donors (Lipinski definition) is 3. The molecule has 0 radical (unpaired) electrons. The zero-order valence-electron chi connectivity index (χ0n) is 24.7. The van der Waals surface area contributed by atoms with Gasteiger partial charge in [0.05, 0.1) is 11.7 Å². The highest BCUT2D eigenvalue weighted by molar-refractivity contribution is 5.86. The number of aromatic nitrogens is 4. The summed E-state index contributed by atoms with van der Waals surface area (Å²) in [5.74, 6) is 0.968. The molecule has 1 fully saturated rings. The second kappa shape index (κ2) is 12.7. The van der Waals surface area contributed by atoms with Crippen molar-refractivity contribution >= 4 is 22.6 Å². The summed E-state index contributed by atoms with van der Waals surface area (Å²) in [6.45, 7) is 12.2. The van der Waals surface area contributed by atoms with E-state index in [-0.39, 0.29) is 24.1 Å². The smallest absolute Gasteiger partial charge is 0.322 e. The van der Waals surface area contributed by atoms with Crippen LogP contribution < -0.4 is 30.2 Å². The van der Waals surface area contributed by atoms with Crippen LogP contribution in [0.2, 0.25) is 0 Å². The van der Waals surface area contributed by atoms with Crippen molar-refractivity contribution in [1.82, 2.24) is 30.4 Å². The molecule has 0 aliphatic carbocycles. The number of aromatic amines is 1. The molecule has 2 aliphatic rings. The maximum atomic E-state index is 11.9. The SMILES string of the molecule is C=CC(=O)NCCN(C/C(C)=C\N)c1nc(OC[C@@H]2CCCN2C)nc2c1O[C@@H](C)C(c1c(C)ccc3[nH]ncc13)O2. The lowest BCUT2D eigenvalue weighted by Gasteiger charge is -2.35. The maximum Gasteiger partial charge on any atom is 0.322 e. The van der Waals surface area contributed by atoms with Crippen molar-refractivity contribution < 1.29 is 19.0 Å². The van der Waals surface area contributed by atoms with Gasteiger partial charge in [0, 0.05) is 36.6 Å². The van der Waals surface area contributed by atoms with Gasteiger partial charge in [-0.1, -0.05) is 12.6 Å². The molecule has 3 aromatic rings. The summed E-state index contributed by atoms with van der Waals surface area (Å²) < 4.78 is 19.4. The molecule has 2 aliphatic heterocycles. The highest BCUT2D eigenvalue weighted by atomic mass is 16.6. The van der Waals surface area contributed by atoms with E-state index in [0.717, 1.165) is 47.0 Å². The van der Waals surface area contributed by atoms with E-state index in [4.69, 9.17) is 29.9 Å². The molecule has 224 valence electrons. The molecular weight excluding hydrogens is 536 g/mol. The Morgan fingerprint density at radius 2 is 2.19 bits per heavy atom. The van der Waals surface area contributed by atoms with Crippen molar-refractivity contribution in [2.45, 2.75) is 51.9 Å². The van der Waals surface area contributed by atoms with E-state index in [0.29, 0.717) is 43.7 Å². The summed E-state index contributed by atoms with van der Waals surface area (Å²) in [6, 6.07) is 4.54. The number of likely N-dealkylation sites (tertiary alicyclic amines) is 1. The molecule has 12 nitrogen and oxygen atoms in total. The molecule has 4 heterocycles. The van der Waals surface area contributed by atoms with Gasteiger partial charge in [0.1, 0.15) is 12.7 Å².